The second-order valence-electron chi connectivity index (χ2n) is 4.30. The first-order valence-electron chi connectivity index (χ1n) is 5.67. The van der Waals surface area contributed by atoms with Crippen molar-refractivity contribution >= 4 is 5.91 Å². The molecule has 0 radical (unpaired) electrons. The van der Waals surface area contributed by atoms with Crippen LogP contribution in [-0.2, 0) is 4.74 Å². The molecule has 0 saturated heterocycles. The average Bonchev–Trinajstić information content (AvgIpc) is 2.32. The maximum Gasteiger partial charge on any atom is 0.253 e. The minimum absolute atomic E-state index is 0.0895. The van der Waals surface area contributed by atoms with Crippen LogP contribution in [0, 0.1) is 6.92 Å². The van der Waals surface area contributed by atoms with Gasteiger partial charge in [-0.2, -0.15) is 0 Å². The van der Waals surface area contributed by atoms with Crippen LogP contribution in [0.4, 0.5) is 0 Å². The Morgan fingerprint density at radius 3 is 2.72 bits per heavy atom. The monoisotopic (exact) mass is 253 g/mol. The Hall–Kier alpha value is -1.59. The fourth-order valence-corrected chi connectivity index (χ4v) is 1.61. The third-order valence-electron chi connectivity index (χ3n) is 2.65. The molecule has 0 aliphatic carbocycles. The minimum atomic E-state index is -0.719. The Morgan fingerprint density at radius 2 is 2.17 bits per heavy atom. The average molecular weight is 253 g/mol. The summed E-state index contributed by atoms with van der Waals surface area (Å²) in [5.74, 6) is -0.160. The summed E-state index contributed by atoms with van der Waals surface area (Å²) >= 11 is 0. The molecule has 1 rings (SSSR count). The molecular formula is C13H19NO4. The summed E-state index contributed by atoms with van der Waals surface area (Å²) in [5, 5.41) is 19.1. The number of carbonyl (C=O) groups is 1. The van der Waals surface area contributed by atoms with E-state index in [4.69, 9.17) is 4.74 Å². The Kier molecular flexibility index (Phi) is 5.12. The van der Waals surface area contributed by atoms with Crippen LogP contribution in [0.25, 0.3) is 0 Å². The highest BCUT2D eigenvalue weighted by atomic mass is 16.5. The molecule has 5 heteroatoms. The van der Waals surface area contributed by atoms with Crippen molar-refractivity contribution in [2.45, 2.75) is 13.0 Å². The van der Waals surface area contributed by atoms with Crippen molar-refractivity contribution in [3.05, 3.63) is 29.3 Å². The molecule has 0 saturated carbocycles. The van der Waals surface area contributed by atoms with E-state index >= 15 is 0 Å². The lowest BCUT2D eigenvalue weighted by Gasteiger charge is -2.20. The standard InChI is InChI=1S/C13H19NO4/c1-9-4-5-10(6-12(9)16)13(17)14(2)7-11(15)8-18-3/h4-6,11,15-16H,7-8H2,1-3H3. The van der Waals surface area contributed by atoms with Crippen molar-refractivity contribution in [3.8, 4) is 5.75 Å². The Balaban J connectivity index is 2.71. The molecule has 100 valence electrons. The van der Waals surface area contributed by atoms with Crippen LogP contribution >= 0.6 is 0 Å². The topological polar surface area (TPSA) is 70.0 Å². The fourth-order valence-electron chi connectivity index (χ4n) is 1.61. The predicted octanol–water partition coefficient (Wildman–Crippen LogP) is 0.780. The van der Waals surface area contributed by atoms with E-state index in [1.807, 2.05) is 0 Å². The summed E-state index contributed by atoms with van der Waals surface area (Å²) in [6.07, 6.45) is -0.719. The third-order valence-corrected chi connectivity index (χ3v) is 2.65. The minimum Gasteiger partial charge on any atom is -0.508 e. The number of aromatic hydroxyl groups is 1. The van der Waals surface area contributed by atoms with Crippen LogP contribution in [0.15, 0.2) is 18.2 Å². The summed E-state index contributed by atoms with van der Waals surface area (Å²) in [5.41, 5.74) is 1.11. The van der Waals surface area contributed by atoms with Gasteiger partial charge in [-0.05, 0) is 24.6 Å². The number of rotatable bonds is 5. The number of hydrogen-bond acceptors (Lipinski definition) is 4. The molecule has 1 unspecified atom stereocenters. The zero-order valence-electron chi connectivity index (χ0n) is 10.9. The summed E-state index contributed by atoms with van der Waals surface area (Å²) in [4.78, 5) is 13.4. The zero-order valence-corrected chi connectivity index (χ0v) is 10.9. The number of benzene rings is 1. The van der Waals surface area contributed by atoms with Gasteiger partial charge in [0.1, 0.15) is 5.75 Å². The van der Waals surface area contributed by atoms with Crippen LogP contribution in [0.5, 0.6) is 5.75 Å². The first kappa shape index (κ1) is 14.5. The van der Waals surface area contributed by atoms with E-state index in [1.165, 1.54) is 18.1 Å². The Bertz CT molecular complexity index is 419. The van der Waals surface area contributed by atoms with Gasteiger partial charge in [-0.3, -0.25) is 4.79 Å². The molecule has 2 N–H and O–H groups in total. The third kappa shape index (κ3) is 3.72. The lowest BCUT2D eigenvalue weighted by atomic mass is 10.1. The molecule has 1 aromatic carbocycles. The highest BCUT2D eigenvalue weighted by molar-refractivity contribution is 5.94. The van der Waals surface area contributed by atoms with Gasteiger partial charge in [0, 0.05) is 26.3 Å². The number of ether oxygens (including phenoxy) is 1. The molecular weight excluding hydrogens is 234 g/mol. The molecule has 0 heterocycles. The van der Waals surface area contributed by atoms with Gasteiger partial charge in [-0.1, -0.05) is 6.07 Å². The number of methoxy groups -OCH3 is 1. The number of likely N-dealkylation sites (N-methyl/N-ethyl adjacent to an activating group) is 1. The second-order valence-corrected chi connectivity index (χ2v) is 4.30. The van der Waals surface area contributed by atoms with E-state index in [9.17, 15) is 15.0 Å². The van der Waals surface area contributed by atoms with E-state index in [0.29, 0.717) is 11.1 Å². The number of hydrogen-bond donors (Lipinski definition) is 2. The van der Waals surface area contributed by atoms with Gasteiger partial charge >= 0.3 is 0 Å². The van der Waals surface area contributed by atoms with Crippen LogP contribution in [-0.4, -0.2) is 54.4 Å². The van der Waals surface area contributed by atoms with E-state index < -0.39 is 6.10 Å². The number of nitrogens with zero attached hydrogens (tertiary/aromatic N) is 1. The van der Waals surface area contributed by atoms with Crippen molar-refractivity contribution in [1.82, 2.24) is 4.90 Å². The number of amides is 1. The summed E-state index contributed by atoms with van der Waals surface area (Å²) < 4.78 is 4.80. The number of aliphatic hydroxyl groups is 1. The summed E-state index contributed by atoms with van der Waals surface area (Å²) in [7, 11) is 3.08. The molecule has 1 amide bonds. The van der Waals surface area contributed by atoms with E-state index in [2.05, 4.69) is 0 Å². The van der Waals surface area contributed by atoms with Gasteiger partial charge in [-0.15, -0.1) is 0 Å². The quantitative estimate of drug-likeness (QED) is 0.813. The van der Waals surface area contributed by atoms with E-state index in [-0.39, 0.29) is 24.8 Å². The molecule has 0 aliphatic heterocycles. The van der Waals surface area contributed by atoms with Gasteiger partial charge in [0.2, 0.25) is 0 Å². The molecule has 0 bridgehead atoms. The van der Waals surface area contributed by atoms with Gasteiger partial charge in [0.25, 0.3) is 5.91 Å². The normalized spacial score (nSPS) is 12.2. The van der Waals surface area contributed by atoms with Gasteiger partial charge in [0.15, 0.2) is 0 Å². The number of aryl methyl sites for hydroxylation is 1. The second kappa shape index (κ2) is 6.37. The summed E-state index contributed by atoms with van der Waals surface area (Å²) in [6.45, 7) is 2.12. The van der Waals surface area contributed by atoms with Crippen LogP contribution in [0.2, 0.25) is 0 Å². The smallest absolute Gasteiger partial charge is 0.253 e. The zero-order chi connectivity index (χ0) is 13.7. The maximum absolute atomic E-state index is 12.0. The predicted molar refractivity (Wildman–Crippen MR) is 67.7 cm³/mol. The molecule has 0 spiro atoms. The number of phenolic OH excluding ortho intramolecular Hbond substituents is 1. The highest BCUT2D eigenvalue weighted by Gasteiger charge is 2.16. The van der Waals surface area contributed by atoms with E-state index in [0.717, 1.165) is 0 Å². The highest BCUT2D eigenvalue weighted by Crippen LogP contribution is 2.18. The SMILES string of the molecule is COCC(O)CN(C)C(=O)c1ccc(C)c(O)c1. The Labute approximate surface area is 107 Å². The molecule has 0 fully saturated rings. The van der Waals surface area contributed by atoms with Gasteiger partial charge < -0.3 is 19.8 Å². The van der Waals surface area contributed by atoms with Crippen molar-refractivity contribution < 1.29 is 19.7 Å². The Morgan fingerprint density at radius 1 is 1.50 bits per heavy atom. The first-order chi connectivity index (χ1) is 8.45. The first-order valence-corrected chi connectivity index (χ1v) is 5.67. The number of aliphatic hydroxyl groups excluding tert-OH is 1. The van der Waals surface area contributed by atoms with Crippen LogP contribution in [0.1, 0.15) is 15.9 Å². The lowest BCUT2D eigenvalue weighted by Crippen LogP contribution is -2.36. The molecule has 18 heavy (non-hydrogen) atoms. The summed E-state index contributed by atoms with van der Waals surface area (Å²) in [6, 6.07) is 4.76. The lowest BCUT2D eigenvalue weighted by molar-refractivity contribution is 0.0380. The van der Waals surface area contributed by atoms with Crippen LogP contribution < -0.4 is 0 Å². The van der Waals surface area contributed by atoms with Crippen LogP contribution in [0.3, 0.4) is 0 Å². The molecule has 1 aromatic rings. The number of phenols is 1. The fraction of sp³-hybridized carbons (Fsp3) is 0.462. The molecule has 0 aliphatic rings. The van der Waals surface area contributed by atoms with Crippen molar-refractivity contribution in [1.29, 1.82) is 0 Å². The van der Waals surface area contributed by atoms with Crippen molar-refractivity contribution in [3.63, 3.8) is 0 Å². The van der Waals surface area contributed by atoms with E-state index in [1.54, 1.807) is 26.1 Å². The van der Waals surface area contributed by atoms with Gasteiger partial charge in [0.05, 0.1) is 12.7 Å². The maximum atomic E-state index is 12.0. The number of carbonyl (C=O) groups excluding carboxylic acids is 1. The molecule has 5 nitrogen and oxygen atoms in total. The molecule has 0 aromatic heterocycles. The van der Waals surface area contributed by atoms with Crippen molar-refractivity contribution in [2.75, 3.05) is 27.3 Å². The van der Waals surface area contributed by atoms with Crippen molar-refractivity contribution in [2.24, 2.45) is 0 Å². The van der Waals surface area contributed by atoms with Gasteiger partial charge in [-0.25, -0.2) is 0 Å². The molecule has 1 atom stereocenters. The largest absolute Gasteiger partial charge is 0.508 e.